The monoisotopic (exact) mass is 374 g/mol. The van der Waals surface area contributed by atoms with E-state index in [1.54, 1.807) is 18.2 Å². The summed E-state index contributed by atoms with van der Waals surface area (Å²) in [5, 5.41) is 2.67. The molecule has 1 saturated heterocycles. The van der Waals surface area contributed by atoms with Gasteiger partial charge in [0.1, 0.15) is 18.0 Å². The number of nitrogens with one attached hydrogen (secondary N) is 1. The Morgan fingerprint density at radius 2 is 2.04 bits per heavy atom. The van der Waals surface area contributed by atoms with Crippen LogP contribution in [0, 0.1) is 5.92 Å². The minimum atomic E-state index is -4.47. The average molecular weight is 374 g/mol. The fourth-order valence-electron chi connectivity index (χ4n) is 2.86. The zero-order valence-corrected chi connectivity index (χ0v) is 14.6. The predicted octanol–water partition coefficient (Wildman–Crippen LogP) is 1.77. The highest BCUT2D eigenvalue weighted by atomic mass is 19.4. The zero-order valence-electron chi connectivity index (χ0n) is 14.6. The molecule has 26 heavy (non-hydrogen) atoms. The normalized spacial score (nSPS) is 17.3. The Hall–Kier alpha value is -2.45. The van der Waals surface area contributed by atoms with Gasteiger partial charge in [0.2, 0.25) is 11.8 Å². The number of hydrogen-bond donors (Lipinski definition) is 1. The smallest absolute Gasteiger partial charge is 0.406 e. The molecule has 0 saturated carbocycles. The third-order valence-corrected chi connectivity index (χ3v) is 4.14. The molecule has 1 aliphatic rings. The van der Waals surface area contributed by atoms with Gasteiger partial charge in [0.25, 0.3) is 0 Å². The summed E-state index contributed by atoms with van der Waals surface area (Å²) in [5.41, 5.74) is 0.827. The van der Waals surface area contributed by atoms with Crippen LogP contribution >= 0.6 is 0 Å². The Bertz CT molecular complexity index is 664. The van der Waals surface area contributed by atoms with Crippen molar-refractivity contribution in [1.82, 2.24) is 10.2 Å². The third-order valence-electron chi connectivity index (χ3n) is 4.14. The quantitative estimate of drug-likeness (QED) is 0.790. The molecule has 0 bridgehead atoms. The lowest BCUT2D eigenvalue weighted by molar-refractivity contribution is -0.157. The number of carbonyl (C=O) groups excluding carboxylic acids is 2. The second-order valence-corrected chi connectivity index (χ2v) is 6.01. The second-order valence-electron chi connectivity index (χ2n) is 6.01. The molecular formula is C17H21F3N2O4. The van der Waals surface area contributed by atoms with Gasteiger partial charge in [-0.3, -0.25) is 9.59 Å². The van der Waals surface area contributed by atoms with E-state index >= 15 is 0 Å². The van der Waals surface area contributed by atoms with Gasteiger partial charge in [-0.1, -0.05) is 0 Å². The third kappa shape index (κ3) is 5.27. The molecule has 9 heteroatoms. The lowest BCUT2D eigenvalue weighted by Gasteiger charge is -2.18. The number of ether oxygens (including phenoxy) is 2. The van der Waals surface area contributed by atoms with Crippen LogP contribution in [-0.2, 0) is 16.0 Å². The van der Waals surface area contributed by atoms with Crippen LogP contribution in [-0.4, -0.2) is 56.7 Å². The van der Waals surface area contributed by atoms with E-state index in [0.717, 1.165) is 5.56 Å². The van der Waals surface area contributed by atoms with Crippen molar-refractivity contribution >= 4 is 11.8 Å². The number of rotatable bonds is 7. The minimum absolute atomic E-state index is 0.204. The molecule has 1 fully saturated rings. The van der Waals surface area contributed by atoms with Crippen LogP contribution < -0.4 is 14.8 Å². The van der Waals surface area contributed by atoms with E-state index in [0.29, 0.717) is 22.8 Å². The highest BCUT2D eigenvalue weighted by Gasteiger charge is 2.40. The molecule has 1 aliphatic heterocycles. The van der Waals surface area contributed by atoms with Gasteiger partial charge in [-0.15, -0.1) is 0 Å². The molecule has 1 unspecified atom stereocenters. The lowest BCUT2D eigenvalue weighted by Crippen LogP contribution is -2.37. The van der Waals surface area contributed by atoms with E-state index < -0.39 is 30.5 Å². The molecule has 1 N–H and O–H groups in total. The summed E-state index contributed by atoms with van der Waals surface area (Å²) in [7, 11) is 3.07. The number of nitrogens with zero attached hydrogens (tertiary/aromatic N) is 1. The maximum absolute atomic E-state index is 12.4. The molecule has 0 spiro atoms. The van der Waals surface area contributed by atoms with Crippen molar-refractivity contribution in [2.24, 2.45) is 5.92 Å². The number of methoxy groups -OCH3 is 2. The molecule has 1 aromatic rings. The van der Waals surface area contributed by atoms with E-state index in [4.69, 9.17) is 9.47 Å². The maximum Gasteiger partial charge on any atom is 0.406 e. The van der Waals surface area contributed by atoms with Crippen LogP contribution in [0.1, 0.15) is 12.0 Å². The Labute approximate surface area is 149 Å². The number of likely N-dealkylation sites (tertiary alicyclic amines) is 1. The topological polar surface area (TPSA) is 67.9 Å². The number of halogens is 3. The molecule has 2 rings (SSSR count). The maximum atomic E-state index is 12.4. The largest absolute Gasteiger partial charge is 0.497 e. The Morgan fingerprint density at radius 3 is 2.65 bits per heavy atom. The van der Waals surface area contributed by atoms with Gasteiger partial charge < -0.3 is 19.7 Å². The van der Waals surface area contributed by atoms with Crippen LogP contribution in [0.4, 0.5) is 13.2 Å². The summed E-state index contributed by atoms with van der Waals surface area (Å²) in [6.07, 6.45) is -4.21. The van der Waals surface area contributed by atoms with Gasteiger partial charge >= 0.3 is 6.18 Å². The summed E-state index contributed by atoms with van der Waals surface area (Å²) < 4.78 is 47.6. The standard InChI is InChI=1S/C17H21F3N2O4/c1-25-13-3-4-14(26-2)11(7-13)5-6-21-16(24)12-8-15(23)22(9-12)10-17(18,19)20/h3-4,7,12H,5-6,8-10H2,1-2H3,(H,21,24). The van der Waals surface area contributed by atoms with Crippen LogP contribution in [0.2, 0.25) is 0 Å². The van der Waals surface area contributed by atoms with Gasteiger partial charge in [0.05, 0.1) is 20.1 Å². The summed E-state index contributed by atoms with van der Waals surface area (Å²) in [6.45, 7) is -1.27. The van der Waals surface area contributed by atoms with Crippen LogP contribution in [0.3, 0.4) is 0 Å². The Balaban J connectivity index is 1.87. The molecule has 6 nitrogen and oxygen atoms in total. The fourth-order valence-corrected chi connectivity index (χ4v) is 2.86. The van der Waals surface area contributed by atoms with E-state index in [2.05, 4.69) is 5.32 Å². The van der Waals surface area contributed by atoms with Crippen LogP contribution in [0.5, 0.6) is 11.5 Å². The molecule has 1 aromatic carbocycles. The second kappa shape index (κ2) is 8.29. The van der Waals surface area contributed by atoms with Crippen molar-refractivity contribution in [3.05, 3.63) is 23.8 Å². The van der Waals surface area contributed by atoms with Crippen molar-refractivity contribution in [2.75, 3.05) is 33.9 Å². The van der Waals surface area contributed by atoms with Crippen molar-refractivity contribution in [3.8, 4) is 11.5 Å². The molecule has 2 amide bonds. The average Bonchev–Trinajstić information content (AvgIpc) is 2.93. The predicted molar refractivity (Wildman–Crippen MR) is 87.0 cm³/mol. The number of carbonyl (C=O) groups is 2. The molecular weight excluding hydrogens is 353 g/mol. The number of amides is 2. The first-order valence-electron chi connectivity index (χ1n) is 8.06. The molecule has 0 aliphatic carbocycles. The minimum Gasteiger partial charge on any atom is -0.497 e. The Morgan fingerprint density at radius 1 is 1.31 bits per heavy atom. The summed E-state index contributed by atoms with van der Waals surface area (Å²) in [6, 6.07) is 5.29. The van der Waals surface area contributed by atoms with Crippen LogP contribution in [0.25, 0.3) is 0 Å². The van der Waals surface area contributed by atoms with Gasteiger partial charge in [0.15, 0.2) is 0 Å². The zero-order chi connectivity index (χ0) is 19.3. The van der Waals surface area contributed by atoms with Crippen molar-refractivity contribution < 1.29 is 32.2 Å². The number of alkyl halides is 3. The van der Waals surface area contributed by atoms with E-state index in [1.807, 2.05) is 0 Å². The fraction of sp³-hybridized carbons (Fsp3) is 0.529. The van der Waals surface area contributed by atoms with Gasteiger partial charge in [-0.25, -0.2) is 0 Å². The lowest BCUT2D eigenvalue weighted by atomic mass is 10.1. The number of hydrogen-bond acceptors (Lipinski definition) is 4. The molecule has 1 atom stereocenters. The molecule has 0 radical (unpaired) electrons. The van der Waals surface area contributed by atoms with Crippen molar-refractivity contribution in [2.45, 2.75) is 19.0 Å². The summed E-state index contributed by atoms with van der Waals surface area (Å²) in [5.74, 6) is -0.553. The van der Waals surface area contributed by atoms with Gasteiger partial charge in [0, 0.05) is 19.5 Å². The molecule has 144 valence electrons. The van der Waals surface area contributed by atoms with E-state index in [1.165, 1.54) is 14.2 Å². The summed E-state index contributed by atoms with van der Waals surface area (Å²) in [4.78, 5) is 24.5. The molecule has 0 aromatic heterocycles. The molecule has 1 heterocycles. The first-order chi connectivity index (χ1) is 12.2. The van der Waals surface area contributed by atoms with E-state index in [-0.39, 0.29) is 19.5 Å². The first kappa shape index (κ1) is 19.9. The van der Waals surface area contributed by atoms with Gasteiger partial charge in [-0.05, 0) is 30.2 Å². The van der Waals surface area contributed by atoms with Gasteiger partial charge in [-0.2, -0.15) is 13.2 Å². The Kier molecular flexibility index (Phi) is 6.33. The van der Waals surface area contributed by atoms with Crippen molar-refractivity contribution in [1.29, 1.82) is 0 Å². The van der Waals surface area contributed by atoms with Crippen molar-refractivity contribution in [3.63, 3.8) is 0 Å². The number of benzene rings is 1. The van der Waals surface area contributed by atoms with E-state index in [9.17, 15) is 22.8 Å². The highest BCUT2D eigenvalue weighted by molar-refractivity contribution is 5.89. The SMILES string of the molecule is COc1ccc(OC)c(CCNC(=O)C2CC(=O)N(CC(F)(F)F)C2)c1. The summed E-state index contributed by atoms with van der Waals surface area (Å²) >= 11 is 0. The highest BCUT2D eigenvalue weighted by Crippen LogP contribution is 2.25. The first-order valence-corrected chi connectivity index (χ1v) is 8.06. The van der Waals surface area contributed by atoms with Crippen LogP contribution in [0.15, 0.2) is 18.2 Å².